The molecule has 1 atom stereocenters. The maximum Gasteiger partial charge on any atom is 0.244 e. The predicted molar refractivity (Wildman–Crippen MR) is 165 cm³/mol. The van der Waals surface area contributed by atoms with Crippen LogP contribution in [0.4, 0.5) is 5.69 Å². The molecule has 0 aromatic heterocycles. The topological polar surface area (TPSA) is 96.0 Å². The molecule has 0 bridgehead atoms. The molecule has 9 heteroatoms. The molecule has 2 amide bonds. The second kappa shape index (κ2) is 14.3. The average molecular weight is 586 g/mol. The van der Waals surface area contributed by atoms with Gasteiger partial charge in [0.2, 0.25) is 21.8 Å². The second-order valence-corrected chi connectivity index (χ2v) is 11.7. The zero-order valence-corrected chi connectivity index (χ0v) is 24.5. The summed E-state index contributed by atoms with van der Waals surface area (Å²) in [7, 11) is -3.86. The van der Waals surface area contributed by atoms with Crippen molar-refractivity contribution in [2.45, 2.75) is 25.9 Å². The maximum atomic E-state index is 14.0. The van der Waals surface area contributed by atoms with Crippen molar-refractivity contribution in [1.82, 2.24) is 10.2 Å². The number of carbonyl (C=O) groups is 2. The first-order valence-electron chi connectivity index (χ1n) is 13.7. The van der Waals surface area contributed by atoms with E-state index >= 15 is 0 Å². The Labute approximate surface area is 247 Å². The molecule has 4 rings (SSSR count). The van der Waals surface area contributed by atoms with Crippen LogP contribution in [0.3, 0.4) is 0 Å². The lowest BCUT2D eigenvalue weighted by Gasteiger charge is -2.33. The van der Waals surface area contributed by atoms with Gasteiger partial charge >= 0.3 is 0 Å². The van der Waals surface area contributed by atoms with Crippen LogP contribution in [0.15, 0.2) is 115 Å². The minimum Gasteiger partial charge on any atom is -0.457 e. The van der Waals surface area contributed by atoms with Crippen molar-refractivity contribution in [2.75, 3.05) is 23.7 Å². The van der Waals surface area contributed by atoms with Crippen LogP contribution in [0.25, 0.3) is 0 Å². The van der Waals surface area contributed by atoms with Crippen molar-refractivity contribution in [2.24, 2.45) is 0 Å². The fourth-order valence-corrected chi connectivity index (χ4v) is 5.39. The third-order valence-corrected chi connectivity index (χ3v) is 7.74. The Balaban J connectivity index is 1.64. The normalized spacial score (nSPS) is 11.8. The number of ether oxygens (including phenoxy) is 1. The molecule has 0 heterocycles. The van der Waals surface area contributed by atoms with Gasteiger partial charge < -0.3 is 15.0 Å². The number of benzene rings is 4. The van der Waals surface area contributed by atoms with Crippen LogP contribution < -0.4 is 14.4 Å². The molecule has 0 radical (unpaired) electrons. The van der Waals surface area contributed by atoms with Gasteiger partial charge in [-0.2, -0.15) is 0 Å². The number of nitrogens with one attached hydrogen (secondary N) is 1. The number of sulfonamides is 1. The van der Waals surface area contributed by atoms with E-state index in [-0.39, 0.29) is 18.9 Å². The first-order valence-corrected chi connectivity index (χ1v) is 15.5. The number of rotatable bonds is 13. The minimum absolute atomic E-state index is 0.135. The molecule has 4 aromatic rings. The van der Waals surface area contributed by atoms with Gasteiger partial charge in [0.05, 0.1) is 11.9 Å². The number of hydrogen-bond donors (Lipinski definition) is 1. The van der Waals surface area contributed by atoms with Crippen molar-refractivity contribution in [1.29, 1.82) is 0 Å². The van der Waals surface area contributed by atoms with Gasteiger partial charge in [-0.1, -0.05) is 78.9 Å². The zero-order valence-electron chi connectivity index (χ0n) is 23.7. The molecule has 0 fully saturated rings. The van der Waals surface area contributed by atoms with Gasteiger partial charge in [-0.15, -0.1) is 0 Å². The lowest BCUT2D eigenvalue weighted by atomic mass is 10.0. The van der Waals surface area contributed by atoms with E-state index in [1.807, 2.05) is 97.9 Å². The highest BCUT2D eigenvalue weighted by Gasteiger charge is 2.32. The Morgan fingerprint density at radius 1 is 0.762 bits per heavy atom. The molecule has 0 saturated carbocycles. The van der Waals surface area contributed by atoms with Crippen LogP contribution in [0, 0.1) is 0 Å². The Hall–Kier alpha value is -4.63. The third-order valence-electron chi connectivity index (χ3n) is 6.60. The molecule has 0 aliphatic rings. The van der Waals surface area contributed by atoms with Crippen molar-refractivity contribution < 1.29 is 22.7 Å². The summed E-state index contributed by atoms with van der Waals surface area (Å²) >= 11 is 0. The van der Waals surface area contributed by atoms with E-state index < -0.39 is 28.5 Å². The van der Waals surface area contributed by atoms with Crippen molar-refractivity contribution in [3.8, 4) is 11.5 Å². The molecule has 42 heavy (non-hydrogen) atoms. The summed E-state index contributed by atoms with van der Waals surface area (Å²) in [5, 5.41) is 2.85. The van der Waals surface area contributed by atoms with Gasteiger partial charge in [0, 0.05) is 19.5 Å². The maximum absolute atomic E-state index is 14.0. The summed E-state index contributed by atoms with van der Waals surface area (Å²) in [6.45, 7) is 1.87. The Kier molecular flexibility index (Phi) is 10.3. The summed E-state index contributed by atoms with van der Waals surface area (Å²) in [6, 6.07) is 33.7. The van der Waals surface area contributed by atoms with Gasteiger partial charge in [-0.25, -0.2) is 8.42 Å². The fraction of sp³-hybridized carbons (Fsp3) is 0.212. The van der Waals surface area contributed by atoms with Gasteiger partial charge in [0.1, 0.15) is 24.1 Å². The number of para-hydroxylation sites is 1. The number of anilines is 1. The monoisotopic (exact) mass is 585 g/mol. The van der Waals surface area contributed by atoms with Crippen molar-refractivity contribution >= 4 is 27.5 Å². The molecule has 8 nitrogen and oxygen atoms in total. The summed E-state index contributed by atoms with van der Waals surface area (Å²) in [4.78, 5) is 28.9. The lowest BCUT2D eigenvalue weighted by molar-refractivity contribution is -0.140. The SMILES string of the molecule is CCNC(=O)C(Cc1ccccc1)N(Cc1ccccc1)C(=O)CN(c1ccc(Oc2ccccc2)cc1)S(C)(=O)=O. The molecule has 0 spiro atoms. The lowest BCUT2D eigenvalue weighted by Crippen LogP contribution is -2.53. The van der Waals surface area contributed by atoms with E-state index in [1.54, 1.807) is 24.3 Å². The summed E-state index contributed by atoms with van der Waals surface area (Å²) in [6.07, 6.45) is 1.33. The van der Waals surface area contributed by atoms with Gasteiger partial charge in [0.15, 0.2) is 0 Å². The predicted octanol–water partition coefficient (Wildman–Crippen LogP) is 5.02. The van der Waals surface area contributed by atoms with E-state index in [2.05, 4.69) is 5.32 Å². The Morgan fingerprint density at radius 2 is 1.29 bits per heavy atom. The van der Waals surface area contributed by atoms with Crippen LogP contribution in [-0.4, -0.2) is 50.5 Å². The average Bonchev–Trinajstić information content (AvgIpc) is 2.99. The largest absolute Gasteiger partial charge is 0.457 e. The first-order chi connectivity index (χ1) is 20.2. The Bertz CT molecular complexity index is 1550. The van der Waals surface area contributed by atoms with E-state index in [0.29, 0.717) is 23.7 Å². The van der Waals surface area contributed by atoms with E-state index in [0.717, 1.165) is 21.7 Å². The van der Waals surface area contributed by atoms with E-state index in [1.165, 1.54) is 4.90 Å². The van der Waals surface area contributed by atoms with Crippen LogP contribution in [0.1, 0.15) is 18.1 Å². The van der Waals surface area contributed by atoms with Crippen LogP contribution >= 0.6 is 0 Å². The second-order valence-electron chi connectivity index (χ2n) is 9.79. The standard InChI is InChI=1S/C33H35N3O5S/c1-3-34-33(38)31(23-26-13-7-4-8-14-26)35(24-27-15-9-5-10-16-27)32(37)25-36(42(2,39)40)28-19-21-30(22-20-28)41-29-17-11-6-12-18-29/h4-22,31H,3,23-25H2,1-2H3,(H,34,38). The Morgan fingerprint density at radius 3 is 1.83 bits per heavy atom. The van der Waals surface area contributed by atoms with E-state index in [9.17, 15) is 18.0 Å². The molecule has 0 saturated heterocycles. The summed E-state index contributed by atoms with van der Waals surface area (Å²) in [5.74, 6) is 0.362. The molecule has 0 aliphatic carbocycles. The number of likely N-dealkylation sites (N-methyl/N-ethyl adjacent to an activating group) is 1. The molecular weight excluding hydrogens is 550 g/mol. The van der Waals surface area contributed by atoms with Crippen LogP contribution in [0.2, 0.25) is 0 Å². The third kappa shape index (κ3) is 8.44. The minimum atomic E-state index is -3.86. The van der Waals surface area contributed by atoms with Crippen molar-refractivity contribution in [3.63, 3.8) is 0 Å². The van der Waals surface area contributed by atoms with E-state index in [4.69, 9.17) is 4.74 Å². The van der Waals surface area contributed by atoms with Gasteiger partial charge in [-0.05, 0) is 54.4 Å². The quantitative estimate of drug-likeness (QED) is 0.238. The van der Waals surface area contributed by atoms with Gasteiger partial charge in [0.25, 0.3) is 0 Å². The van der Waals surface area contributed by atoms with Gasteiger partial charge in [-0.3, -0.25) is 13.9 Å². The number of hydrogen-bond acceptors (Lipinski definition) is 5. The fourth-order valence-electron chi connectivity index (χ4n) is 4.54. The highest BCUT2D eigenvalue weighted by molar-refractivity contribution is 7.92. The molecule has 4 aromatic carbocycles. The first kappa shape index (κ1) is 30.3. The van der Waals surface area contributed by atoms with Crippen LogP contribution in [-0.2, 0) is 32.6 Å². The molecule has 0 aliphatic heterocycles. The molecule has 1 unspecified atom stereocenters. The summed E-state index contributed by atoms with van der Waals surface area (Å²) in [5.41, 5.74) is 2.01. The zero-order chi connectivity index (χ0) is 30.0. The highest BCUT2D eigenvalue weighted by atomic mass is 32.2. The highest BCUT2D eigenvalue weighted by Crippen LogP contribution is 2.26. The molecular formula is C33H35N3O5S. The smallest absolute Gasteiger partial charge is 0.244 e. The summed E-state index contributed by atoms with van der Waals surface area (Å²) < 4.78 is 32.8. The number of carbonyl (C=O) groups excluding carboxylic acids is 2. The molecule has 1 N–H and O–H groups in total. The number of nitrogens with zero attached hydrogens (tertiary/aromatic N) is 2. The van der Waals surface area contributed by atoms with Crippen molar-refractivity contribution in [3.05, 3.63) is 126 Å². The molecule has 218 valence electrons. The van der Waals surface area contributed by atoms with Crippen LogP contribution in [0.5, 0.6) is 11.5 Å². The number of amides is 2.